The molecule has 1 atom stereocenters. The molecule has 2 nitrogen and oxygen atoms in total. The fourth-order valence-corrected chi connectivity index (χ4v) is 2.24. The smallest absolute Gasteiger partial charge is 0.125 e. The molecule has 0 radical (unpaired) electrons. The summed E-state index contributed by atoms with van der Waals surface area (Å²) in [6.45, 7) is 8.25. The van der Waals surface area contributed by atoms with Crippen LogP contribution in [0.15, 0.2) is 24.3 Å². The lowest BCUT2D eigenvalue weighted by molar-refractivity contribution is 0.186. The highest BCUT2D eigenvalue weighted by Gasteiger charge is 2.14. The van der Waals surface area contributed by atoms with Gasteiger partial charge < -0.3 is 9.84 Å². The quantitative estimate of drug-likeness (QED) is 0.840. The number of aliphatic hydroxyl groups is 1. The number of benzene rings is 1. The molecule has 1 aromatic rings. The molecule has 1 N–H and O–H groups in total. The minimum Gasteiger partial charge on any atom is -0.491 e. The van der Waals surface area contributed by atoms with Gasteiger partial charge in [-0.05, 0) is 25.2 Å². The fraction of sp³-hybridized carbons (Fsp3) is 0.571. The Morgan fingerprint density at radius 1 is 1.18 bits per heavy atom. The summed E-state index contributed by atoms with van der Waals surface area (Å²) in [4.78, 5) is 0. The van der Waals surface area contributed by atoms with Crippen LogP contribution in [0.1, 0.15) is 39.4 Å². The van der Waals surface area contributed by atoms with E-state index in [1.165, 1.54) is 0 Å². The van der Waals surface area contributed by atoms with Crippen molar-refractivity contribution in [3.05, 3.63) is 29.8 Å². The van der Waals surface area contributed by atoms with Crippen molar-refractivity contribution in [2.45, 2.75) is 45.2 Å². The van der Waals surface area contributed by atoms with Crippen molar-refractivity contribution in [2.24, 2.45) is 0 Å². The van der Waals surface area contributed by atoms with E-state index in [0.717, 1.165) is 11.3 Å². The molecule has 0 bridgehead atoms. The number of para-hydroxylation sites is 1. The second-order valence-electron chi connectivity index (χ2n) is 4.60. The Hall–Kier alpha value is -0.670. The van der Waals surface area contributed by atoms with Crippen LogP contribution in [0, 0.1) is 0 Å². The lowest BCUT2D eigenvalue weighted by Gasteiger charge is -2.18. The highest BCUT2D eigenvalue weighted by molar-refractivity contribution is 7.99. The first-order chi connectivity index (χ1) is 8.00. The lowest BCUT2D eigenvalue weighted by Crippen LogP contribution is -2.10. The first-order valence-electron chi connectivity index (χ1n) is 6.06. The topological polar surface area (TPSA) is 29.5 Å². The zero-order chi connectivity index (χ0) is 12.8. The highest BCUT2D eigenvalue weighted by atomic mass is 32.2. The summed E-state index contributed by atoms with van der Waals surface area (Å²) in [6, 6.07) is 7.72. The molecule has 1 aromatic carbocycles. The standard InChI is InChI=1S/C14H22O2S/c1-10(2)16-14-8-6-5-7-12(14)13(15)9-17-11(3)4/h5-8,10-11,13,15H,9H2,1-4H3. The summed E-state index contributed by atoms with van der Waals surface area (Å²) in [6.07, 6.45) is -0.335. The molecule has 0 aliphatic rings. The van der Waals surface area contributed by atoms with Gasteiger partial charge >= 0.3 is 0 Å². The summed E-state index contributed by atoms with van der Waals surface area (Å²) in [5.41, 5.74) is 0.884. The van der Waals surface area contributed by atoms with E-state index in [1.807, 2.05) is 38.1 Å². The average molecular weight is 254 g/mol. The minimum atomic E-state index is -0.461. The molecule has 0 fully saturated rings. The molecular formula is C14H22O2S. The van der Waals surface area contributed by atoms with Gasteiger partial charge in [0.25, 0.3) is 0 Å². The molecule has 17 heavy (non-hydrogen) atoms. The molecule has 1 rings (SSSR count). The molecule has 0 aliphatic heterocycles. The molecule has 0 aliphatic carbocycles. The highest BCUT2D eigenvalue weighted by Crippen LogP contribution is 2.29. The van der Waals surface area contributed by atoms with Gasteiger partial charge in [0.05, 0.1) is 12.2 Å². The second-order valence-corrected chi connectivity index (χ2v) is 6.21. The SMILES string of the molecule is CC(C)Oc1ccccc1C(O)CSC(C)C. The monoisotopic (exact) mass is 254 g/mol. The summed E-state index contributed by atoms with van der Waals surface area (Å²) in [7, 11) is 0. The summed E-state index contributed by atoms with van der Waals surface area (Å²) in [5.74, 6) is 1.50. The number of thioether (sulfide) groups is 1. The van der Waals surface area contributed by atoms with Crippen LogP contribution in [-0.2, 0) is 0 Å². The molecule has 0 saturated carbocycles. The molecule has 3 heteroatoms. The van der Waals surface area contributed by atoms with Gasteiger partial charge in [0.1, 0.15) is 5.75 Å². The van der Waals surface area contributed by atoms with Gasteiger partial charge in [0.15, 0.2) is 0 Å². The van der Waals surface area contributed by atoms with E-state index < -0.39 is 6.10 Å². The van der Waals surface area contributed by atoms with E-state index in [2.05, 4.69) is 13.8 Å². The Kier molecular flexibility index (Phi) is 5.86. The number of hydrogen-bond donors (Lipinski definition) is 1. The predicted molar refractivity (Wildman–Crippen MR) is 74.8 cm³/mol. The van der Waals surface area contributed by atoms with E-state index in [0.29, 0.717) is 11.0 Å². The Bertz CT molecular complexity index is 337. The molecule has 1 unspecified atom stereocenters. The maximum absolute atomic E-state index is 10.2. The normalized spacial score (nSPS) is 13.1. The molecule has 0 amide bonds. The van der Waals surface area contributed by atoms with Crippen LogP contribution in [0.4, 0.5) is 0 Å². The zero-order valence-electron chi connectivity index (χ0n) is 11.0. The van der Waals surface area contributed by atoms with E-state index >= 15 is 0 Å². The second kappa shape index (κ2) is 6.92. The van der Waals surface area contributed by atoms with Gasteiger partial charge in [-0.15, -0.1) is 0 Å². The van der Waals surface area contributed by atoms with Crippen LogP contribution in [-0.4, -0.2) is 22.2 Å². The van der Waals surface area contributed by atoms with Crippen LogP contribution in [0.25, 0.3) is 0 Å². The van der Waals surface area contributed by atoms with Crippen LogP contribution < -0.4 is 4.74 Å². The van der Waals surface area contributed by atoms with E-state index in [-0.39, 0.29) is 6.10 Å². The molecule has 0 heterocycles. The Morgan fingerprint density at radius 2 is 1.82 bits per heavy atom. The fourth-order valence-electron chi connectivity index (χ4n) is 1.49. The number of aliphatic hydroxyl groups excluding tert-OH is 1. The number of rotatable bonds is 6. The largest absolute Gasteiger partial charge is 0.491 e. The maximum Gasteiger partial charge on any atom is 0.125 e. The summed E-state index contributed by atoms with van der Waals surface area (Å²) >= 11 is 1.76. The Balaban J connectivity index is 2.74. The first-order valence-corrected chi connectivity index (χ1v) is 7.10. The average Bonchev–Trinajstić information content (AvgIpc) is 2.25. The van der Waals surface area contributed by atoms with Crippen molar-refractivity contribution in [2.75, 3.05) is 5.75 Å². The van der Waals surface area contributed by atoms with Crippen molar-refractivity contribution in [1.82, 2.24) is 0 Å². The Morgan fingerprint density at radius 3 is 2.41 bits per heavy atom. The number of ether oxygens (including phenoxy) is 1. The molecular weight excluding hydrogens is 232 g/mol. The van der Waals surface area contributed by atoms with Gasteiger partial charge in [-0.25, -0.2) is 0 Å². The van der Waals surface area contributed by atoms with Gasteiger partial charge in [0.2, 0.25) is 0 Å². The summed E-state index contributed by atoms with van der Waals surface area (Å²) < 4.78 is 5.70. The van der Waals surface area contributed by atoms with Gasteiger partial charge in [0, 0.05) is 11.3 Å². The van der Waals surface area contributed by atoms with Crippen molar-refractivity contribution in [3.8, 4) is 5.75 Å². The van der Waals surface area contributed by atoms with Crippen LogP contribution in [0.3, 0.4) is 0 Å². The molecule has 0 aromatic heterocycles. The van der Waals surface area contributed by atoms with Gasteiger partial charge in [-0.3, -0.25) is 0 Å². The zero-order valence-corrected chi connectivity index (χ0v) is 11.8. The van der Waals surface area contributed by atoms with E-state index in [1.54, 1.807) is 11.8 Å². The first kappa shape index (κ1) is 14.4. The third-order valence-corrected chi connectivity index (χ3v) is 3.40. The number of hydrogen-bond acceptors (Lipinski definition) is 3. The van der Waals surface area contributed by atoms with Crippen molar-refractivity contribution < 1.29 is 9.84 Å². The lowest BCUT2D eigenvalue weighted by atomic mass is 10.1. The third-order valence-electron chi connectivity index (χ3n) is 2.23. The van der Waals surface area contributed by atoms with Crippen LogP contribution in [0.2, 0.25) is 0 Å². The Labute approximate surface area is 108 Å². The van der Waals surface area contributed by atoms with Gasteiger partial charge in [-0.1, -0.05) is 32.0 Å². The molecule has 0 spiro atoms. The van der Waals surface area contributed by atoms with Crippen LogP contribution in [0.5, 0.6) is 5.75 Å². The molecule has 0 saturated heterocycles. The molecule has 96 valence electrons. The van der Waals surface area contributed by atoms with E-state index in [9.17, 15) is 5.11 Å². The van der Waals surface area contributed by atoms with Crippen LogP contribution >= 0.6 is 11.8 Å². The van der Waals surface area contributed by atoms with Crippen molar-refractivity contribution in [1.29, 1.82) is 0 Å². The van der Waals surface area contributed by atoms with Crippen molar-refractivity contribution in [3.63, 3.8) is 0 Å². The summed E-state index contributed by atoms with van der Waals surface area (Å²) in [5, 5.41) is 10.7. The van der Waals surface area contributed by atoms with E-state index in [4.69, 9.17) is 4.74 Å². The minimum absolute atomic E-state index is 0.126. The van der Waals surface area contributed by atoms with Crippen molar-refractivity contribution >= 4 is 11.8 Å². The predicted octanol–water partition coefficient (Wildman–Crippen LogP) is 3.65. The van der Waals surface area contributed by atoms with Gasteiger partial charge in [-0.2, -0.15) is 11.8 Å². The third kappa shape index (κ3) is 5.00. The maximum atomic E-state index is 10.2.